The SMILES string of the molecule is CCN(CC)CCCNC(=O)NCCC(=O)O. The van der Waals surface area contributed by atoms with Crippen LogP contribution in [-0.2, 0) is 4.79 Å². The Bertz CT molecular complexity index is 230. The van der Waals surface area contributed by atoms with E-state index in [0.717, 1.165) is 26.1 Å². The maximum absolute atomic E-state index is 11.2. The van der Waals surface area contributed by atoms with E-state index >= 15 is 0 Å². The van der Waals surface area contributed by atoms with Crippen molar-refractivity contribution >= 4 is 12.0 Å². The van der Waals surface area contributed by atoms with Crippen molar-refractivity contribution in [3.05, 3.63) is 0 Å². The minimum absolute atomic E-state index is 0.0487. The van der Waals surface area contributed by atoms with E-state index in [2.05, 4.69) is 29.4 Å². The average Bonchev–Trinajstić information content (AvgIpc) is 2.29. The standard InChI is InChI=1S/C11H23N3O3/c1-3-14(4-2)9-5-7-12-11(17)13-8-6-10(15)16/h3-9H2,1-2H3,(H,15,16)(H2,12,13,17). The molecule has 17 heavy (non-hydrogen) atoms. The van der Waals surface area contributed by atoms with Crippen LogP contribution in [0.5, 0.6) is 0 Å². The summed E-state index contributed by atoms with van der Waals surface area (Å²) >= 11 is 0. The molecular weight excluding hydrogens is 222 g/mol. The van der Waals surface area contributed by atoms with Gasteiger partial charge >= 0.3 is 12.0 Å². The molecule has 0 aromatic carbocycles. The third kappa shape index (κ3) is 9.62. The van der Waals surface area contributed by atoms with Crippen molar-refractivity contribution in [2.75, 3.05) is 32.7 Å². The second-order valence-electron chi connectivity index (χ2n) is 3.71. The minimum Gasteiger partial charge on any atom is -0.481 e. The second-order valence-corrected chi connectivity index (χ2v) is 3.71. The van der Waals surface area contributed by atoms with Crippen LogP contribution in [0.2, 0.25) is 0 Å². The Morgan fingerprint density at radius 1 is 1.12 bits per heavy atom. The molecule has 0 aromatic rings. The van der Waals surface area contributed by atoms with Crippen molar-refractivity contribution in [3.8, 4) is 0 Å². The first-order valence-corrected chi connectivity index (χ1v) is 6.06. The van der Waals surface area contributed by atoms with Crippen molar-refractivity contribution in [1.82, 2.24) is 15.5 Å². The van der Waals surface area contributed by atoms with Gasteiger partial charge < -0.3 is 20.6 Å². The van der Waals surface area contributed by atoms with Crippen LogP contribution in [0.15, 0.2) is 0 Å². The third-order valence-corrected chi connectivity index (χ3v) is 2.46. The number of carboxylic acids is 1. The van der Waals surface area contributed by atoms with Gasteiger partial charge in [0, 0.05) is 13.1 Å². The monoisotopic (exact) mass is 245 g/mol. The molecule has 0 rings (SSSR count). The predicted molar refractivity (Wildman–Crippen MR) is 66.1 cm³/mol. The van der Waals surface area contributed by atoms with Crippen LogP contribution in [0.3, 0.4) is 0 Å². The van der Waals surface area contributed by atoms with E-state index in [-0.39, 0.29) is 19.0 Å². The molecule has 0 atom stereocenters. The molecular formula is C11H23N3O3. The summed E-state index contributed by atoms with van der Waals surface area (Å²) in [5, 5.41) is 13.6. The van der Waals surface area contributed by atoms with Gasteiger partial charge in [0.05, 0.1) is 6.42 Å². The number of hydrogen-bond donors (Lipinski definition) is 3. The lowest BCUT2D eigenvalue weighted by Crippen LogP contribution is -2.38. The summed E-state index contributed by atoms with van der Waals surface area (Å²) in [5.74, 6) is -0.910. The van der Waals surface area contributed by atoms with E-state index in [1.807, 2.05) is 0 Å². The van der Waals surface area contributed by atoms with Crippen molar-refractivity contribution in [1.29, 1.82) is 0 Å². The molecule has 0 aromatic heterocycles. The Kier molecular flexibility index (Phi) is 9.14. The van der Waals surface area contributed by atoms with Crippen LogP contribution >= 0.6 is 0 Å². The molecule has 0 aliphatic carbocycles. The van der Waals surface area contributed by atoms with Gasteiger partial charge in [-0.1, -0.05) is 13.8 Å². The van der Waals surface area contributed by atoms with Crippen molar-refractivity contribution in [2.24, 2.45) is 0 Å². The summed E-state index contributed by atoms with van der Waals surface area (Å²) in [6.45, 7) is 7.97. The first-order valence-electron chi connectivity index (χ1n) is 6.06. The van der Waals surface area contributed by atoms with E-state index in [1.54, 1.807) is 0 Å². The number of nitrogens with one attached hydrogen (secondary N) is 2. The number of carbonyl (C=O) groups excluding carboxylic acids is 1. The summed E-state index contributed by atoms with van der Waals surface area (Å²) in [7, 11) is 0. The zero-order valence-electron chi connectivity index (χ0n) is 10.7. The summed E-state index contributed by atoms with van der Waals surface area (Å²) in [5.41, 5.74) is 0. The molecule has 6 nitrogen and oxygen atoms in total. The van der Waals surface area contributed by atoms with Gasteiger partial charge in [0.1, 0.15) is 0 Å². The highest BCUT2D eigenvalue weighted by Crippen LogP contribution is 1.89. The Morgan fingerprint density at radius 3 is 2.24 bits per heavy atom. The molecule has 2 amide bonds. The molecule has 0 fully saturated rings. The fourth-order valence-corrected chi connectivity index (χ4v) is 1.39. The number of carbonyl (C=O) groups is 2. The highest BCUT2D eigenvalue weighted by molar-refractivity contribution is 5.74. The van der Waals surface area contributed by atoms with Gasteiger partial charge in [0.2, 0.25) is 0 Å². The predicted octanol–water partition coefficient (Wildman–Crippen LogP) is 0.492. The van der Waals surface area contributed by atoms with Crippen molar-refractivity contribution < 1.29 is 14.7 Å². The number of carboxylic acid groups (broad SMARTS) is 1. The fourth-order valence-electron chi connectivity index (χ4n) is 1.39. The molecule has 0 radical (unpaired) electrons. The maximum atomic E-state index is 11.2. The lowest BCUT2D eigenvalue weighted by molar-refractivity contribution is -0.136. The van der Waals surface area contributed by atoms with Crippen LogP contribution < -0.4 is 10.6 Å². The molecule has 0 saturated carbocycles. The molecule has 0 unspecified atom stereocenters. The van der Waals surface area contributed by atoms with Gasteiger partial charge in [-0.25, -0.2) is 4.79 Å². The summed E-state index contributed by atoms with van der Waals surface area (Å²) < 4.78 is 0. The smallest absolute Gasteiger partial charge is 0.314 e. The molecule has 0 aliphatic rings. The minimum atomic E-state index is -0.910. The second kappa shape index (κ2) is 9.89. The molecule has 0 spiro atoms. The van der Waals surface area contributed by atoms with Gasteiger partial charge in [0.15, 0.2) is 0 Å². The van der Waals surface area contributed by atoms with E-state index in [9.17, 15) is 9.59 Å². The highest BCUT2D eigenvalue weighted by Gasteiger charge is 2.02. The molecule has 3 N–H and O–H groups in total. The van der Waals surface area contributed by atoms with Gasteiger partial charge in [-0.15, -0.1) is 0 Å². The molecule has 0 heterocycles. The number of aliphatic carboxylic acids is 1. The quantitative estimate of drug-likeness (QED) is 0.516. The number of hydrogen-bond acceptors (Lipinski definition) is 3. The summed E-state index contributed by atoms with van der Waals surface area (Å²) in [6, 6.07) is -0.300. The molecule has 0 bridgehead atoms. The zero-order valence-corrected chi connectivity index (χ0v) is 10.7. The van der Waals surface area contributed by atoms with Crippen LogP contribution in [0.1, 0.15) is 26.7 Å². The van der Waals surface area contributed by atoms with Gasteiger partial charge in [-0.05, 0) is 26.1 Å². The largest absolute Gasteiger partial charge is 0.481 e. The Hall–Kier alpha value is -1.30. The molecule has 0 aliphatic heterocycles. The van der Waals surface area contributed by atoms with E-state index < -0.39 is 5.97 Å². The van der Waals surface area contributed by atoms with Crippen LogP contribution in [0, 0.1) is 0 Å². The lowest BCUT2D eigenvalue weighted by atomic mass is 10.3. The number of rotatable bonds is 9. The summed E-state index contributed by atoms with van der Waals surface area (Å²) in [4.78, 5) is 23.7. The zero-order chi connectivity index (χ0) is 13.1. The molecule has 0 saturated heterocycles. The highest BCUT2D eigenvalue weighted by atomic mass is 16.4. The Labute approximate surface area is 102 Å². The van der Waals surface area contributed by atoms with Gasteiger partial charge in [-0.2, -0.15) is 0 Å². The van der Waals surface area contributed by atoms with Crippen LogP contribution in [0.25, 0.3) is 0 Å². The van der Waals surface area contributed by atoms with E-state index in [4.69, 9.17) is 5.11 Å². The topological polar surface area (TPSA) is 81.7 Å². The van der Waals surface area contributed by atoms with Crippen molar-refractivity contribution in [2.45, 2.75) is 26.7 Å². The third-order valence-electron chi connectivity index (χ3n) is 2.46. The van der Waals surface area contributed by atoms with Crippen LogP contribution in [0.4, 0.5) is 4.79 Å². The van der Waals surface area contributed by atoms with Crippen molar-refractivity contribution in [3.63, 3.8) is 0 Å². The Morgan fingerprint density at radius 2 is 1.71 bits per heavy atom. The maximum Gasteiger partial charge on any atom is 0.314 e. The fraction of sp³-hybridized carbons (Fsp3) is 0.818. The summed E-state index contributed by atoms with van der Waals surface area (Å²) in [6.07, 6.45) is 0.848. The number of nitrogens with zero attached hydrogens (tertiary/aromatic N) is 1. The van der Waals surface area contributed by atoms with Gasteiger partial charge in [0.25, 0.3) is 0 Å². The first kappa shape index (κ1) is 15.7. The molecule has 6 heteroatoms. The van der Waals surface area contributed by atoms with E-state index in [1.165, 1.54) is 0 Å². The Balaban J connectivity index is 3.41. The number of urea groups is 1. The van der Waals surface area contributed by atoms with Gasteiger partial charge in [-0.3, -0.25) is 4.79 Å². The normalized spacial score (nSPS) is 10.3. The first-order chi connectivity index (χ1) is 8.10. The molecule has 100 valence electrons. The lowest BCUT2D eigenvalue weighted by Gasteiger charge is -2.17. The van der Waals surface area contributed by atoms with Crippen LogP contribution in [-0.4, -0.2) is 54.7 Å². The average molecular weight is 245 g/mol. The number of amides is 2. The van der Waals surface area contributed by atoms with E-state index in [0.29, 0.717) is 6.54 Å².